The number of esters is 1. The van der Waals surface area contributed by atoms with Gasteiger partial charge in [0, 0.05) is 10.9 Å². The number of alkyl halides is 1. The maximum atomic E-state index is 12.0. The highest BCUT2D eigenvalue weighted by Gasteiger charge is 2.28. The van der Waals surface area contributed by atoms with Crippen molar-refractivity contribution in [2.24, 2.45) is 0 Å². The smallest absolute Gasteiger partial charge is 0.338 e. The molecular weight excluding hydrogens is 308 g/mol. The number of halogens is 1. The number of ether oxygens (including phenoxy) is 1. The Morgan fingerprint density at radius 3 is 2.16 bits per heavy atom. The molecule has 0 spiro atoms. The largest absolute Gasteiger partial charge is 0.465 e. The van der Waals surface area contributed by atoms with Crippen LogP contribution in [0, 0.1) is 0 Å². The number of hydrogen-bond acceptors (Lipinski definition) is 3. The molecule has 0 radical (unpaired) electrons. The molecule has 2 rings (SSSR count). The summed E-state index contributed by atoms with van der Waals surface area (Å²) in [4.78, 5) is 23.9. The van der Waals surface area contributed by atoms with E-state index in [0.717, 1.165) is 11.1 Å². The molecule has 0 aromatic heterocycles. The van der Waals surface area contributed by atoms with Crippen molar-refractivity contribution >= 4 is 27.7 Å². The van der Waals surface area contributed by atoms with Crippen molar-refractivity contribution in [2.75, 3.05) is 7.11 Å². The Hall–Kier alpha value is -1.68. The molecule has 98 valence electrons. The predicted octanol–water partition coefficient (Wildman–Crippen LogP) is 3.68. The van der Waals surface area contributed by atoms with Gasteiger partial charge in [-0.25, -0.2) is 4.79 Å². The lowest BCUT2D eigenvalue weighted by Crippen LogP contribution is -2.04. The Morgan fingerprint density at radius 2 is 1.68 bits per heavy atom. The summed E-state index contributed by atoms with van der Waals surface area (Å²) in [5, 5.41) is 0.435. The van der Waals surface area contributed by atoms with Gasteiger partial charge in [-0.2, -0.15) is 0 Å². The number of ketones is 1. The van der Waals surface area contributed by atoms with Crippen LogP contribution in [-0.4, -0.2) is 18.9 Å². The van der Waals surface area contributed by atoms with Crippen LogP contribution >= 0.6 is 15.9 Å². The molecule has 0 amide bonds. The van der Waals surface area contributed by atoms with Gasteiger partial charge in [0.25, 0.3) is 0 Å². The molecule has 0 fully saturated rings. The van der Waals surface area contributed by atoms with E-state index in [9.17, 15) is 9.59 Å². The van der Waals surface area contributed by atoms with Crippen LogP contribution < -0.4 is 0 Å². The molecule has 0 aliphatic heterocycles. The van der Waals surface area contributed by atoms with E-state index in [1.807, 2.05) is 30.3 Å². The highest BCUT2D eigenvalue weighted by Crippen LogP contribution is 2.38. The number of methoxy groups -OCH3 is 1. The van der Waals surface area contributed by atoms with Crippen LogP contribution in [0.4, 0.5) is 0 Å². The zero-order chi connectivity index (χ0) is 14.0. The van der Waals surface area contributed by atoms with Gasteiger partial charge in [0.2, 0.25) is 0 Å². The molecule has 0 aromatic rings. The second-order valence-corrected chi connectivity index (χ2v) is 4.71. The summed E-state index contributed by atoms with van der Waals surface area (Å²) in [5.41, 5.74) is 3.28. The third-order valence-corrected chi connectivity index (χ3v) is 3.62. The Labute approximate surface area is 120 Å². The highest BCUT2D eigenvalue weighted by atomic mass is 79.9. The highest BCUT2D eigenvalue weighted by molar-refractivity contribution is 9.08. The lowest BCUT2D eigenvalue weighted by molar-refractivity contribution is 0.0601. The number of hydrogen-bond donors (Lipinski definition) is 0. The van der Waals surface area contributed by atoms with E-state index in [1.54, 1.807) is 0 Å². The number of carbonyl (C=O) groups excluding carboxylic acids is 2. The summed E-state index contributed by atoms with van der Waals surface area (Å²) >= 11 is 3.35. The van der Waals surface area contributed by atoms with E-state index < -0.39 is 5.97 Å². The molecule has 0 unspecified atom stereocenters. The average Bonchev–Trinajstić information content (AvgIpc) is 2.54. The predicted molar refractivity (Wildman–Crippen MR) is 77.0 cm³/mol. The second kappa shape index (κ2) is 5.53. The van der Waals surface area contributed by atoms with Gasteiger partial charge in [-0.3, -0.25) is 4.79 Å². The quantitative estimate of drug-likeness (QED) is 0.492. The molecule has 2 aliphatic carbocycles. The molecule has 0 atom stereocenters. The molecule has 0 bridgehead atoms. The summed E-state index contributed by atoms with van der Waals surface area (Å²) in [6.07, 6.45) is 0. The zero-order valence-electron chi connectivity index (χ0n) is 10.7. The van der Waals surface area contributed by atoms with Gasteiger partial charge in [0.15, 0.2) is 5.78 Å². The number of fused-ring (bicyclic) bond motifs is 1. The van der Waals surface area contributed by atoms with Crippen LogP contribution in [0.1, 0.15) is 33.2 Å². The van der Waals surface area contributed by atoms with Crippen molar-refractivity contribution in [1.29, 1.82) is 0 Å². The summed E-state index contributed by atoms with van der Waals surface area (Å²) < 4.78 is 4.84. The van der Waals surface area contributed by atoms with Gasteiger partial charge >= 0.3 is 5.97 Å². The second-order valence-electron chi connectivity index (χ2n) is 4.15. The fourth-order valence-corrected chi connectivity index (χ4v) is 2.87. The standard InChI is InChI=1S/C15H13BrO3/c1-9(17)13-10-6-4-3-5-7-11(10)14(12(13)8-16)15(18)19-2/h3-7H,8H2,1-2H3. The van der Waals surface area contributed by atoms with Crippen LogP contribution in [0.15, 0.2) is 30.3 Å². The van der Waals surface area contributed by atoms with E-state index in [1.165, 1.54) is 14.0 Å². The molecule has 0 N–H and O–H groups in total. The first-order valence-corrected chi connectivity index (χ1v) is 6.92. The molecule has 0 saturated carbocycles. The fourth-order valence-electron chi connectivity index (χ4n) is 2.30. The van der Waals surface area contributed by atoms with E-state index in [4.69, 9.17) is 4.74 Å². The normalized spacial score (nSPS) is 10.5. The third-order valence-electron chi connectivity index (χ3n) is 3.06. The zero-order valence-corrected chi connectivity index (χ0v) is 12.3. The van der Waals surface area contributed by atoms with Crippen LogP contribution in [0.25, 0.3) is 11.1 Å². The number of Topliss-reactive ketones (excluding diaryl/α,β-unsaturated/α-hetero) is 1. The summed E-state index contributed by atoms with van der Waals surface area (Å²) in [6.45, 7) is 1.51. The Balaban J connectivity index is 2.89. The average molecular weight is 321 g/mol. The molecule has 3 nitrogen and oxygen atoms in total. The fraction of sp³-hybridized carbons (Fsp3) is 0.200. The van der Waals surface area contributed by atoms with Crippen molar-refractivity contribution in [1.82, 2.24) is 0 Å². The summed E-state index contributed by atoms with van der Waals surface area (Å²) in [6, 6.07) is 9.24. The van der Waals surface area contributed by atoms with Crippen molar-refractivity contribution in [3.63, 3.8) is 0 Å². The molecule has 2 aliphatic rings. The van der Waals surface area contributed by atoms with Gasteiger partial charge in [-0.15, -0.1) is 0 Å². The van der Waals surface area contributed by atoms with Gasteiger partial charge in [-0.05, 0) is 23.6 Å². The number of carbonyl (C=O) groups is 2. The third kappa shape index (κ3) is 2.28. The molecule has 4 heteroatoms. The Bertz CT molecular complexity index is 619. The summed E-state index contributed by atoms with van der Waals surface area (Å²) in [5.74, 6) is -0.473. The lowest BCUT2D eigenvalue weighted by atomic mass is 10.1. The van der Waals surface area contributed by atoms with E-state index in [0.29, 0.717) is 22.0 Å². The Morgan fingerprint density at radius 1 is 1.11 bits per heavy atom. The molecule has 19 heavy (non-hydrogen) atoms. The van der Waals surface area contributed by atoms with Crippen LogP contribution in [0.2, 0.25) is 0 Å². The van der Waals surface area contributed by atoms with E-state index in [-0.39, 0.29) is 5.78 Å². The van der Waals surface area contributed by atoms with Crippen molar-refractivity contribution in [3.8, 4) is 11.1 Å². The van der Waals surface area contributed by atoms with Crippen LogP contribution in [-0.2, 0) is 10.1 Å². The van der Waals surface area contributed by atoms with E-state index in [2.05, 4.69) is 15.9 Å². The molecular formula is C15H13BrO3. The maximum Gasteiger partial charge on any atom is 0.338 e. The van der Waals surface area contributed by atoms with Crippen LogP contribution in [0.3, 0.4) is 0 Å². The van der Waals surface area contributed by atoms with E-state index >= 15 is 0 Å². The minimum atomic E-state index is -0.418. The van der Waals surface area contributed by atoms with Crippen molar-refractivity contribution < 1.29 is 14.3 Å². The van der Waals surface area contributed by atoms with Gasteiger partial charge in [0.05, 0.1) is 12.7 Å². The SMILES string of the molecule is COC(=O)c1c2cccccc-2c(C(C)=O)c1CBr. The first-order chi connectivity index (χ1) is 9.11. The molecule has 0 saturated heterocycles. The lowest BCUT2D eigenvalue weighted by Gasteiger charge is -2.01. The topological polar surface area (TPSA) is 43.4 Å². The van der Waals surface area contributed by atoms with Crippen molar-refractivity contribution in [3.05, 3.63) is 47.0 Å². The summed E-state index contributed by atoms with van der Waals surface area (Å²) in [7, 11) is 1.34. The minimum absolute atomic E-state index is 0.0548. The van der Waals surface area contributed by atoms with Gasteiger partial charge in [-0.1, -0.05) is 46.3 Å². The monoisotopic (exact) mass is 320 g/mol. The van der Waals surface area contributed by atoms with Gasteiger partial charge < -0.3 is 4.74 Å². The molecule has 0 heterocycles. The first-order valence-electron chi connectivity index (χ1n) is 5.80. The number of rotatable bonds is 3. The molecule has 0 aromatic carbocycles. The first kappa shape index (κ1) is 13.7. The van der Waals surface area contributed by atoms with Gasteiger partial charge in [0.1, 0.15) is 0 Å². The van der Waals surface area contributed by atoms with Crippen LogP contribution in [0.5, 0.6) is 0 Å². The Kier molecular flexibility index (Phi) is 4.00. The minimum Gasteiger partial charge on any atom is -0.465 e. The van der Waals surface area contributed by atoms with Crippen molar-refractivity contribution in [2.45, 2.75) is 12.3 Å². The maximum absolute atomic E-state index is 12.0.